The Hall–Kier alpha value is -3.52. The molecule has 3 aromatic carbocycles. The van der Waals surface area contributed by atoms with Crippen LogP contribution in [0.2, 0.25) is 0 Å². The molecule has 2 heterocycles. The third kappa shape index (κ3) is 2.94. The molecule has 0 aromatic heterocycles. The van der Waals surface area contributed by atoms with Crippen LogP contribution in [-0.2, 0) is 30.8 Å². The van der Waals surface area contributed by atoms with Gasteiger partial charge in [-0.2, -0.15) is 0 Å². The molecule has 1 fully saturated rings. The molecule has 1 atom stereocenters. The predicted molar refractivity (Wildman–Crippen MR) is 123 cm³/mol. The maximum Gasteiger partial charge on any atom is 0.274 e. The largest absolute Gasteiger partial charge is 0.304 e. The highest BCUT2D eigenvalue weighted by Crippen LogP contribution is 2.53. The molecule has 5 rings (SSSR count). The molecule has 6 nitrogen and oxygen atoms in total. The molecule has 0 radical (unpaired) electrons. The molecule has 0 unspecified atom stereocenters. The third-order valence-corrected chi connectivity index (χ3v) is 8.28. The lowest BCUT2D eigenvalue weighted by atomic mass is 10.0. The summed E-state index contributed by atoms with van der Waals surface area (Å²) in [6.07, 6.45) is 0. The summed E-state index contributed by atoms with van der Waals surface area (Å²) in [4.78, 5) is 27.4. The first-order valence-electron chi connectivity index (χ1n) is 10.5. The predicted octanol–water partition coefficient (Wildman–Crippen LogP) is 3.60. The summed E-state index contributed by atoms with van der Waals surface area (Å²) in [5, 5.41) is 0. The van der Waals surface area contributed by atoms with Gasteiger partial charge in [0.15, 0.2) is 9.84 Å². The Bertz CT molecular complexity index is 1420. The van der Waals surface area contributed by atoms with Crippen molar-refractivity contribution in [2.75, 3.05) is 15.6 Å². The molecule has 8 heteroatoms. The first-order chi connectivity index (χ1) is 15.7. The topological polar surface area (TPSA) is 74.8 Å². The van der Waals surface area contributed by atoms with Crippen molar-refractivity contribution in [1.29, 1.82) is 0 Å². The zero-order valence-corrected chi connectivity index (χ0v) is 18.9. The summed E-state index contributed by atoms with van der Waals surface area (Å²) in [7, 11) is -4.27. The summed E-state index contributed by atoms with van der Waals surface area (Å²) in [6, 6.07) is 17.8. The fourth-order valence-corrected chi connectivity index (χ4v) is 6.96. The molecule has 0 saturated carbocycles. The van der Waals surface area contributed by atoms with Gasteiger partial charge in [0.05, 0.1) is 12.2 Å². The highest BCUT2D eigenvalue weighted by Gasteiger charge is 2.69. The van der Waals surface area contributed by atoms with E-state index in [9.17, 15) is 22.4 Å². The number of nitrogens with zero attached hydrogens (tertiary/aromatic N) is 2. The van der Waals surface area contributed by atoms with Gasteiger partial charge in [-0.15, -0.1) is 0 Å². The van der Waals surface area contributed by atoms with Crippen molar-refractivity contribution >= 4 is 33.0 Å². The van der Waals surface area contributed by atoms with Crippen molar-refractivity contribution in [3.05, 3.63) is 94.8 Å². The summed E-state index contributed by atoms with van der Waals surface area (Å²) in [6.45, 7) is 3.52. The van der Waals surface area contributed by atoms with Gasteiger partial charge in [-0.05, 0) is 49.2 Å². The van der Waals surface area contributed by atoms with Crippen molar-refractivity contribution in [1.82, 2.24) is 0 Å². The number of carbonyl (C=O) groups excluding carboxylic acids is 2. The van der Waals surface area contributed by atoms with E-state index in [-0.39, 0.29) is 17.7 Å². The van der Waals surface area contributed by atoms with Gasteiger partial charge >= 0.3 is 0 Å². The first-order valence-corrected chi connectivity index (χ1v) is 12.1. The molecule has 1 spiro atoms. The quantitative estimate of drug-likeness (QED) is 0.594. The van der Waals surface area contributed by atoms with Crippen LogP contribution in [0, 0.1) is 19.7 Å². The Morgan fingerprint density at radius 1 is 0.939 bits per heavy atom. The van der Waals surface area contributed by atoms with Crippen LogP contribution in [0.25, 0.3) is 0 Å². The van der Waals surface area contributed by atoms with E-state index in [1.165, 1.54) is 11.0 Å². The Labute approximate surface area is 191 Å². The van der Waals surface area contributed by atoms with Crippen LogP contribution in [-0.4, -0.2) is 26.0 Å². The second kappa shape index (κ2) is 7.25. The minimum absolute atomic E-state index is 0.158. The maximum atomic E-state index is 14.4. The van der Waals surface area contributed by atoms with Crippen LogP contribution in [0.5, 0.6) is 0 Å². The van der Waals surface area contributed by atoms with Gasteiger partial charge in [-0.1, -0.05) is 42.5 Å². The summed E-state index contributed by atoms with van der Waals surface area (Å²) in [5.41, 5.74) is 2.81. The van der Waals surface area contributed by atoms with Gasteiger partial charge in [0.1, 0.15) is 11.6 Å². The number of amides is 2. The van der Waals surface area contributed by atoms with Crippen LogP contribution in [0.3, 0.4) is 0 Å². The Morgan fingerprint density at radius 3 is 2.27 bits per heavy atom. The standard InChI is InChI=1S/C25H21FN2O4S/c1-16-11-17(2)13-19(12-16)28-23(29)15-33(31,32)25(28)20-8-4-6-10-22(20)27(24(25)30)14-18-7-3-5-9-21(18)26/h3-13H,14-15H2,1-2H3/t25-/m0/s1. The van der Waals surface area contributed by atoms with E-state index in [2.05, 4.69) is 0 Å². The molecular weight excluding hydrogens is 443 g/mol. The fraction of sp³-hybridized carbons (Fsp3) is 0.200. The number of hydrogen-bond acceptors (Lipinski definition) is 4. The van der Waals surface area contributed by atoms with Crippen LogP contribution in [0.1, 0.15) is 22.3 Å². The zero-order chi connectivity index (χ0) is 23.5. The number of aryl methyl sites for hydroxylation is 2. The number of carbonyl (C=O) groups is 2. The molecular formula is C25H21FN2O4S. The number of halogens is 1. The Morgan fingerprint density at radius 2 is 1.58 bits per heavy atom. The number of anilines is 2. The Balaban J connectivity index is 1.76. The molecule has 1 saturated heterocycles. The normalized spacial score (nSPS) is 21.2. The van der Waals surface area contributed by atoms with E-state index in [1.807, 2.05) is 19.9 Å². The number of rotatable bonds is 3. The molecule has 0 bridgehead atoms. The van der Waals surface area contributed by atoms with Gasteiger partial charge in [0.2, 0.25) is 5.91 Å². The average molecular weight is 465 g/mol. The number of para-hydroxylation sites is 1. The van der Waals surface area contributed by atoms with E-state index in [0.29, 0.717) is 11.4 Å². The summed E-state index contributed by atoms with van der Waals surface area (Å²) >= 11 is 0. The lowest BCUT2D eigenvalue weighted by molar-refractivity contribution is -0.123. The lowest BCUT2D eigenvalue weighted by Crippen LogP contribution is -2.54. The molecule has 3 aromatic rings. The van der Waals surface area contributed by atoms with E-state index in [4.69, 9.17) is 0 Å². The van der Waals surface area contributed by atoms with Crippen molar-refractivity contribution in [3.63, 3.8) is 0 Å². The number of fused-ring (bicyclic) bond motifs is 2. The van der Waals surface area contributed by atoms with Gasteiger partial charge < -0.3 is 4.90 Å². The molecule has 0 aliphatic carbocycles. The zero-order valence-electron chi connectivity index (χ0n) is 18.1. The van der Waals surface area contributed by atoms with E-state index in [1.54, 1.807) is 54.6 Å². The fourth-order valence-electron chi connectivity index (χ4n) is 4.93. The number of benzene rings is 3. The molecule has 2 aliphatic rings. The molecule has 33 heavy (non-hydrogen) atoms. The van der Waals surface area contributed by atoms with Gasteiger partial charge in [-0.25, -0.2) is 12.8 Å². The monoisotopic (exact) mass is 464 g/mol. The summed E-state index contributed by atoms with van der Waals surface area (Å²) in [5.74, 6) is -2.73. The minimum atomic E-state index is -4.27. The maximum absolute atomic E-state index is 14.4. The van der Waals surface area contributed by atoms with Gasteiger partial charge in [-0.3, -0.25) is 14.5 Å². The molecule has 0 N–H and O–H groups in total. The molecule has 168 valence electrons. The van der Waals surface area contributed by atoms with E-state index >= 15 is 0 Å². The minimum Gasteiger partial charge on any atom is -0.304 e. The van der Waals surface area contributed by atoms with Crippen molar-refractivity contribution in [2.45, 2.75) is 25.3 Å². The number of hydrogen-bond donors (Lipinski definition) is 0. The van der Waals surface area contributed by atoms with Crippen molar-refractivity contribution in [2.24, 2.45) is 0 Å². The van der Waals surface area contributed by atoms with Crippen LogP contribution >= 0.6 is 0 Å². The lowest BCUT2D eigenvalue weighted by Gasteiger charge is -2.33. The smallest absolute Gasteiger partial charge is 0.274 e. The third-order valence-electron chi connectivity index (χ3n) is 6.17. The van der Waals surface area contributed by atoms with Crippen LogP contribution in [0.4, 0.5) is 15.8 Å². The van der Waals surface area contributed by atoms with Crippen LogP contribution < -0.4 is 9.80 Å². The second-order valence-corrected chi connectivity index (χ2v) is 10.6. The van der Waals surface area contributed by atoms with Gasteiger partial charge in [0.25, 0.3) is 10.8 Å². The van der Waals surface area contributed by atoms with Crippen molar-refractivity contribution < 1.29 is 22.4 Å². The number of sulfone groups is 1. The molecule has 2 aliphatic heterocycles. The highest BCUT2D eigenvalue weighted by atomic mass is 32.2. The van der Waals surface area contributed by atoms with Crippen LogP contribution in [0.15, 0.2) is 66.7 Å². The van der Waals surface area contributed by atoms with Crippen molar-refractivity contribution in [3.8, 4) is 0 Å². The average Bonchev–Trinajstić information content (AvgIpc) is 3.12. The first kappa shape index (κ1) is 21.3. The Kier molecular flexibility index (Phi) is 4.68. The molecule has 2 amide bonds. The highest BCUT2D eigenvalue weighted by molar-refractivity contribution is 7.94. The van der Waals surface area contributed by atoms with E-state index in [0.717, 1.165) is 16.0 Å². The summed E-state index contributed by atoms with van der Waals surface area (Å²) < 4.78 is 41.6. The SMILES string of the molecule is Cc1cc(C)cc(N2C(=O)CS(=O)(=O)[C@@]23C(=O)N(Cc2ccccc2F)c2ccccc23)c1. The van der Waals surface area contributed by atoms with Gasteiger partial charge in [0, 0.05) is 16.8 Å². The van der Waals surface area contributed by atoms with E-state index < -0.39 is 38.1 Å². The second-order valence-electron chi connectivity index (χ2n) is 8.48.